The molecule has 0 heteroatoms. The molecule has 0 N–H and O–H groups in total. The molecule has 0 amide bonds. The first kappa shape index (κ1) is 18.4. The van der Waals surface area contributed by atoms with E-state index < -0.39 is 0 Å². The van der Waals surface area contributed by atoms with E-state index in [9.17, 15) is 0 Å². The second-order valence-electron chi connectivity index (χ2n) is 5.07. The summed E-state index contributed by atoms with van der Waals surface area (Å²) in [5, 5.41) is 0. The Morgan fingerprint density at radius 1 is 0.625 bits per heavy atom. The van der Waals surface area contributed by atoms with Gasteiger partial charge in [-0.2, -0.15) is 0 Å². The Labute approximate surface area is 105 Å². The van der Waals surface area contributed by atoms with E-state index in [1.54, 1.807) is 0 Å². The third-order valence-electron chi connectivity index (χ3n) is 3.20. The maximum absolute atomic E-state index is 2.33. The minimum absolute atomic E-state index is 0.954. The first-order valence-electron chi connectivity index (χ1n) is 7.72. The van der Waals surface area contributed by atoms with Crippen LogP contribution in [0.25, 0.3) is 0 Å². The highest BCUT2D eigenvalue weighted by atomic mass is 14.0. The first-order chi connectivity index (χ1) is 7.72. The molecule has 0 saturated carbocycles. The molecule has 1 unspecified atom stereocenters. The van der Waals surface area contributed by atoms with Crippen LogP contribution in [0.4, 0.5) is 0 Å². The number of unbranched alkanes of at least 4 members (excludes halogenated alkanes) is 6. The standard InChI is InChI=1S/2C8H18/c1-4-6-7-8(3)5-2;1-3-5-7-8-6-4-2/h8H,4-7H2,1-3H3;3-8H2,1-2H3. The molecule has 0 heterocycles. The molecule has 0 rings (SSSR count). The molecule has 0 aromatic rings. The van der Waals surface area contributed by atoms with Crippen molar-refractivity contribution in [2.24, 2.45) is 5.92 Å². The smallest absolute Gasteiger partial charge is 0.0445 e. The molecule has 100 valence electrons. The van der Waals surface area contributed by atoms with Crippen LogP contribution in [-0.4, -0.2) is 0 Å². The van der Waals surface area contributed by atoms with Crippen molar-refractivity contribution >= 4 is 0 Å². The zero-order chi connectivity index (χ0) is 12.6. The van der Waals surface area contributed by atoms with Crippen molar-refractivity contribution in [2.75, 3.05) is 0 Å². The minimum atomic E-state index is 0.954. The lowest BCUT2D eigenvalue weighted by atomic mass is 10.0. The van der Waals surface area contributed by atoms with Crippen LogP contribution in [-0.2, 0) is 0 Å². The van der Waals surface area contributed by atoms with Gasteiger partial charge in [-0.3, -0.25) is 0 Å². The number of hydrogen-bond donors (Lipinski definition) is 0. The largest absolute Gasteiger partial charge is 0.0654 e. The maximum atomic E-state index is 2.33. The molecule has 0 aliphatic carbocycles. The van der Waals surface area contributed by atoms with Crippen molar-refractivity contribution in [3.8, 4) is 0 Å². The van der Waals surface area contributed by atoms with Gasteiger partial charge in [0.25, 0.3) is 0 Å². The third kappa shape index (κ3) is 19.6. The Morgan fingerprint density at radius 3 is 1.38 bits per heavy atom. The Bertz CT molecular complexity index is 90.2. The number of hydrogen-bond acceptors (Lipinski definition) is 0. The average Bonchev–Trinajstić information content (AvgIpc) is 2.32. The van der Waals surface area contributed by atoms with E-state index in [1.807, 2.05) is 0 Å². The molecule has 0 aromatic carbocycles. The van der Waals surface area contributed by atoms with E-state index >= 15 is 0 Å². The summed E-state index contributed by atoms with van der Waals surface area (Å²) < 4.78 is 0. The van der Waals surface area contributed by atoms with E-state index in [1.165, 1.54) is 64.2 Å². The highest BCUT2D eigenvalue weighted by Crippen LogP contribution is 2.09. The van der Waals surface area contributed by atoms with Gasteiger partial charge in [-0.25, -0.2) is 0 Å². The molecule has 0 bridgehead atoms. The van der Waals surface area contributed by atoms with Gasteiger partial charge in [0.15, 0.2) is 0 Å². The normalized spacial score (nSPS) is 11.8. The summed E-state index contributed by atoms with van der Waals surface area (Å²) in [6, 6.07) is 0. The van der Waals surface area contributed by atoms with Crippen LogP contribution >= 0.6 is 0 Å². The van der Waals surface area contributed by atoms with Crippen LogP contribution in [0.1, 0.15) is 98.8 Å². The van der Waals surface area contributed by atoms with Crippen LogP contribution in [0.15, 0.2) is 0 Å². The van der Waals surface area contributed by atoms with Crippen molar-refractivity contribution in [1.82, 2.24) is 0 Å². The van der Waals surface area contributed by atoms with Crippen LogP contribution in [0.3, 0.4) is 0 Å². The Morgan fingerprint density at radius 2 is 1.06 bits per heavy atom. The van der Waals surface area contributed by atoms with Gasteiger partial charge in [0.2, 0.25) is 0 Å². The van der Waals surface area contributed by atoms with Crippen molar-refractivity contribution in [3.05, 3.63) is 0 Å². The summed E-state index contributed by atoms with van der Waals surface area (Å²) in [5.41, 5.74) is 0. The molecule has 0 fully saturated rings. The van der Waals surface area contributed by atoms with Crippen LogP contribution in [0, 0.1) is 5.92 Å². The van der Waals surface area contributed by atoms with Gasteiger partial charge in [-0.05, 0) is 5.92 Å². The Hall–Kier alpha value is 0. The monoisotopic (exact) mass is 228 g/mol. The van der Waals surface area contributed by atoms with Gasteiger partial charge in [0.05, 0.1) is 0 Å². The molecular weight excluding hydrogens is 192 g/mol. The van der Waals surface area contributed by atoms with Gasteiger partial charge in [0.1, 0.15) is 0 Å². The van der Waals surface area contributed by atoms with Crippen LogP contribution in [0.5, 0.6) is 0 Å². The summed E-state index contributed by atoms with van der Waals surface area (Å²) in [4.78, 5) is 0. The second kappa shape index (κ2) is 17.4. The van der Waals surface area contributed by atoms with Crippen molar-refractivity contribution in [3.63, 3.8) is 0 Å². The average molecular weight is 228 g/mol. The van der Waals surface area contributed by atoms with E-state index in [0.717, 1.165) is 5.92 Å². The van der Waals surface area contributed by atoms with Crippen molar-refractivity contribution in [2.45, 2.75) is 98.8 Å². The Balaban J connectivity index is 0. The lowest BCUT2D eigenvalue weighted by Crippen LogP contribution is -1.89. The lowest BCUT2D eigenvalue weighted by Gasteiger charge is -2.04. The fourth-order valence-corrected chi connectivity index (χ4v) is 1.61. The molecular formula is C16H36. The molecule has 0 radical (unpaired) electrons. The molecule has 0 nitrogen and oxygen atoms in total. The number of rotatable bonds is 9. The molecule has 0 aromatic heterocycles. The predicted octanol–water partition coefficient (Wildman–Crippen LogP) is 6.59. The summed E-state index contributed by atoms with van der Waals surface area (Å²) in [7, 11) is 0. The fraction of sp³-hybridized carbons (Fsp3) is 1.00. The lowest BCUT2D eigenvalue weighted by molar-refractivity contribution is 0.492. The molecule has 16 heavy (non-hydrogen) atoms. The fourth-order valence-electron chi connectivity index (χ4n) is 1.61. The first-order valence-corrected chi connectivity index (χ1v) is 7.72. The van der Waals surface area contributed by atoms with Crippen LogP contribution < -0.4 is 0 Å². The predicted molar refractivity (Wildman–Crippen MR) is 78.0 cm³/mol. The van der Waals surface area contributed by atoms with Crippen molar-refractivity contribution < 1.29 is 0 Å². The van der Waals surface area contributed by atoms with E-state index in [4.69, 9.17) is 0 Å². The third-order valence-corrected chi connectivity index (χ3v) is 3.20. The topological polar surface area (TPSA) is 0 Å². The highest BCUT2D eigenvalue weighted by Gasteiger charge is 1.94. The summed E-state index contributed by atoms with van der Waals surface area (Å²) in [5.74, 6) is 0.954. The van der Waals surface area contributed by atoms with Crippen LogP contribution in [0.2, 0.25) is 0 Å². The zero-order valence-corrected chi connectivity index (χ0v) is 12.6. The van der Waals surface area contributed by atoms with E-state index in [2.05, 4.69) is 34.6 Å². The zero-order valence-electron chi connectivity index (χ0n) is 12.6. The molecule has 0 spiro atoms. The molecule has 1 atom stereocenters. The highest BCUT2D eigenvalue weighted by molar-refractivity contribution is 4.47. The minimum Gasteiger partial charge on any atom is -0.0654 e. The Kier molecular flexibility index (Phi) is 20.0. The van der Waals surface area contributed by atoms with E-state index in [-0.39, 0.29) is 0 Å². The maximum Gasteiger partial charge on any atom is -0.0445 e. The molecule has 0 aliphatic rings. The SMILES string of the molecule is CCCCC(C)CC.CCCCCCCC. The van der Waals surface area contributed by atoms with E-state index in [0.29, 0.717) is 0 Å². The molecule has 0 saturated heterocycles. The van der Waals surface area contributed by atoms with Crippen molar-refractivity contribution in [1.29, 1.82) is 0 Å². The van der Waals surface area contributed by atoms with Gasteiger partial charge in [0, 0.05) is 0 Å². The summed E-state index contributed by atoms with van der Waals surface area (Å²) in [6.07, 6.45) is 14.0. The summed E-state index contributed by atoms with van der Waals surface area (Å²) in [6.45, 7) is 11.4. The summed E-state index contributed by atoms with van der Waals surface area (Å²) >= 11 is 0. The van der Waals surface area contributed by atoms with Gasteiger partial charge < -0.3 is 0 Å². The van der Waals surface area contributed by atoms with Gasteiger partial charge >= 0.3 is 0 Å². The second-order valence-corrected chi connectivity index (χ2v) is 5.07. The quantitative estimate of drug-likeness (QED) is 0.390. The van der Waals surface area contributed by atoms with Gasteiger partial charge in [-0.15, -0.1) is 0 Å². The van der Waals surface area contributed by atoms with Gasteiger partial charge in [-0.1, -0.05) is 98.8 Å². The molecule has 0 aliphatic heterocycles.